The molecule has 1 aliphatic rings. The van der Waals surface area contributed by atoms with E-state index in [2.05, 4.69) is 71.7 Å². The molecule has 0 radical (unpaired) electrons. The number of likely N-dealkylation sites (N-methyl/N-ethyl adjacent to an activating group) is 6. The molecular weight excluding hydrogens is 324 g/mol. The molecule has 6 heteroatoms. The zero-order valence-electron chi connectivity index (χ0n) is 18.6. The Balaban J connectivity index is 2.44. The van der Waals surface area contributed by atoms with Crippen LogP contribution < -0.4 is 0 Å². The van der Waals surface area contributed by atoms with Crippen molar-refractivity contribution < 1.29 is 0 Å². The van der Waals surface area contributed by atoms with E-state index in [4.69, 9.17) is 0 Å². The highest BCUT2D eigenvalue weighted by Crippen LogP contribution is 1.97. The van der Waals surface area contributed by atoms with Crippen LogP contribution in [0.25, 0.3) is 0 Å². The molecule has 26 heavy (non-hydrogen) atoms. The second-order valence-electron chi connectivity index (χ2n) is 8.53. The van der Waals surface area contributed by atoms with Crippen LogP contribution in [0, 0.1) is 0 Å². The third kappa shape index (κ3) is 12.2. The fourth-order valence-corrected chi connectivity index (χ4v) is 3.26. The van der Waals surface area contributed by atoms with Gasteiger partial charge in [-0.05, 0) is 81.3 Å². The molecule has 0 aromatic heterocycles. The highest BCUT2D eigenvalue weighted by atomic mass is 15.2. The van der Waals surface area contributed by atoms with E-state index in [9.17, 15) is 0 Å². The van der Waals surface area contributed by atoms with Crippen LogP contribution in [-0.2, 0) is 0 Å². The van der Waals surface area contributed by atoms with Crippen molar-refractivity contribution in [3.05, 3.63) is 0 Å². The third-order valence-electron chi connectivity index (χ3n) is 5.61. The highest BCUT2D eigenvalue weighted by molar-refractivity contribution is 4.65. The summed E-state index contributed by atoms with van der Waals surface area (Å²) in [5, 5.41) is 0. The summed E-state index contributed by atoms with van der Waals surface area (Å²) in [6.07, 6.45) is 2.52. The van der Waals surface area contributed by atoms with Gasteiger partial charge >= 0.3 is 0 Å². The number of hydrogen-bond acceptors (Lipinski definition) is 6. The summed E-state index contributed by atoms with van der Waals surface area (Å²) in [5.74, 6) is 0. The van der Waals surface area contributed by atoms with Gasteiger partial charge in [-0.1, -0.05) is 0 Å². The number of hydrogen-bond donors (Lipinski definition) is 0. The lowest BCUT2D eigenvalue weighted by Crippen LogP contribution is -2.39. The standard InChI is InChI=1S/C20H46N6/c1-21-9-7-11-23(3)15-17-25(5)19-20-26(6)18-16-24(4)12-8-10-22(2)14-13-21/h7-20H2,1-6H3. The Morgan fingerprint density at radius 2 is 0.423 bits per heavy atom. The fraction of sp³-hybridized carbons (Fsp3) is 1.00. The van der Waals surface area contributed by atoms with E-state index in [1.165, 1.54) is 52.1 Å². The molecule has 0 aliphatic carbocycles. The van der Waals surface area contributed by atoms with Crippen molar-refractivity contribution in [2.24, 2.45) is 0 Å². The van der Waals surface area contributed by atoms with Crippen LogP contribution in [0.1, 0.15) is 12.8 Å². The molecule has 1 rings (SSSR count). The van der Waals surface area contributed by atoms with Crippen molar-refractivity contribution in [3.63, 3.8) is 0 Å². The zero-order valence-corrected chi connectivity index (χ0v) is 18.6. The van der Waals surface area contributed by atoms with E-state index in [0.717, 1.165) is 39.3 Å². The van der Waals surface area contributed by atoms with Crippen LogP contribution in [-0.4, -0.2) is 150 Å². The first-order valence-electron chi connectivity index (χ1n) is 10.5. The van der Waals surface area contributed by atoms with E-state index < -0.39 is 0 Å². The molecule has 1 saturated heterocycles. The molecular formula is C20H46N6. The first kappa shape index (κ1) is 23.8. The minimum Gasteiger partial charge on any atom is -0.305 e. The molecule has 0 saturated carbocycles. The lowest BCUT2D eigenvalue weighted by Gasteiger charge is -2.27. The van der Waals surface area contributed by atoms with Crippen molar-refractivity contribution in [1.82, 2.24) is 29.4 Å². The van der Waals surface area contributed by atoms with Crippen molar-refractivity contribution in [3.8, 4) is 0 Å². The molecule has 6 nitrogen and oxygen atoms in total. The summed E-state index contributed by atoms with van der Waals surface area (Å²) >= 11 is 0. The molecule has 0 bridgehead atoms. The molecule has 0 spiro atoms. The van der Waals surface area contributed by atoms with Gasteiger partial charge in [-0.25, -0.2) is 0 Å². The number of nitrogens with zero attached hydrogens (tertiary/aromatic N) is 6. The maximum atomic E-state index is 2.48. The molecule has 156 valence electrons. The summed E-state index contributed by atoms with van der Waals surface area (Å²) in [7, 11) is 13.6. The van der Waals surface area contributed by atoms with Crippen LogP contribution in [0.5, 0.6) is 0 Å². The van der Waals surface area contributed by atoms with Crippen molar-refractivity contribution in [2.75, 3.05) is 121 Å². The van der Waals surface area contributed by atoms with E-state index in [0.29, 0.717) is 0 Å². The van der Waals surface area contributed by atoms with Crippen LogP contribution in [0.4, 0.5) is 0 Å². The minimum atomic E-state index is 1.15. The maximum Gasteiger partial charge on any atom is 0.0107 e. The van der Waals surface area contributed by atoms with Crippen LogP contribution in [0.15, 0.2) is 0 Å². The predicted molar refractivity (Wildman–Crippen MR) is 114 cm³/mol. The van der Waals surface area contributed by atoms with Crippen molar-refractivity contribution >= 4 is 0 Å². The van der Waals surface area contributed by atoms with Gasteiger partial charge in [0.25, 0.3) is 0 Å². The van der Waals surface area contributed by atoms with Gasteiger partial charge in [-0.2, -0.15) is 0 Å². The Morgan fingerprint density at radius 1 is 0.269 bits per heavy atom. The molecule has 0 amide bonds. The van der Waals surface area contributed by atoms with Gasteiger partial charge in [-0.15, -0.1) is 0 Å². The molecule has 0 aromatic rings. The summed E-state index contributed by atoms with van der Waals surface area (Å²) in [4.78, 5) is 14.9. The van der Waals surface area contributed by atoms with Gasteiger partial charge < -0.3 is 29.4 Å². The summed E-state index contributed by atoms with van der Waals surface area (Å²) < 4.78 is 0. The van der Waals surface area contributed by atoms with E-state index >= 15 is 0 Å². The largest absolute Gasteiger partial charge is 0.305 e. The lowest BCUT2D eigenvalue weighted by molar-refractivity contribution is 0.196. The fourth-order valence-electron chi connectivity index (χ4n) is 3.26. The topological polar surface area (TPSA) is 19.4 Å². The Morgan fingerprint density at radius 3 is 0.615 bits per heavy atom. The number of rotatable bonds is 0. The van der Waals surface area contributed by atoms with Crippen LogP contribution >= 0.6 is 0 Å². The summed E-state index contributed by atoms with van der Waals surface area (Å²) in [6, 6.07) is 0. The van der Waals surface area contributed by atoms with Crippen LogP contribution in [0.3, 0.4) is 0 Å². The third-order valence-corrected chi connectivity index (χ3v) is 5.61. The molecule has 0 aromatic carbocycles. The van der Waals surface area contributed by atoms with Crippen LogP contribution in [0.2, 0.25) is 0 Å². The second kappa shape index (κ2) is 13.9. The average Bonchev–Trinajstić information content (AvgIpc) is 2.60. The SMILES string of the molecule is CN1CCCN(C)CCN(C)CCN(C)CCN(C)CCCN(C)CC1. The predicted octanol–water partition coefficient (Wildman–Crippen LogP) is 0.371. The normalized spacial score (nSPS) is 26.1. The van der Waals surface area contributed by atoms with Gasteiger partial charge in [0, 0.05) is 52.4 Å². The molecule has 1 aliphatic heterocycles. The maximum absolute atomic E-state index is 2.48. The second-order valence-corrected chi connectivity index (χ2v) is 8.53. The Kier molecular flexibility index (Phi) is 12.7. The molecule has 1 heterocycles. The quantitative estimate of drug-likeness (QED) is 0.609. The molecule has 0 N–H and O–H groups in total. The Hall–Kier alpha value is -0.240. The first-order valence-corrected chi connectivity index (χ1v) is 10.5. The van der Waals surface area contributed by atoms with E-state index in [1.54, 1.807) is 0 Å². The minimum absolute atomic E-state index is 1.15. The van der Waals surface area contributed by atoms with E-state index in [-0.39, 0.29) is 0 Å². The summed E-state index contributed by atoms with van der Waals surface area (Å²) in [6.45, 7) is 14.1. The summed E-state index contributed by atoms with van der Waals surface area (Å²) in [5.41, 5.74) is 0. The van der Waals surface area contributed by atoms with Gasteiger partial charge in [0.1, 0.15) is 0 Å². The monoisotopic (exact) mass is 370 g/mol. The zero-order chi connectivity index (χ0) is 19.4. The first-order chi connectivity index (χ1) is 12.4. The van der Waals surface area contributed by atoms with Gasteiger partial charge in [-0.3, -0.25) is 0 Å². The Labute approximate surface area is 163 Å². The average molecular weight is 371 g/mol. The van der Waals surface area contributed by atoms with Gasteiger partial charge in [0.05, 0.1) is 0 Å². The van der Waals surface area contributed by atoms with Gasteiger partial charge in [0.2, 0.25) is 0 Å². The van der Waals surface area contributed by atoms with Gasteiger partial charge in [0.15, 0.2) is 0 Å². The molecule has 0 unspecified atom stereocenters. The van der Waals surface area contributed by atoms with Crippen molar-refractivity contribution in [2.45, 2.75) is 12.8 Å². The van der Waals surface area contributed by atoms with Crippen molar-refractivity contribution in [1.29, 1.82) is 0 Å². The van der Waals surface area contributed by atoms with E-state index in [1.807, 2.05) is 0 Å². The smallest absolute Gasteiger partial charge is 0.0107 e. The molecule has 1 fully saturated rings. The lowest BCUT2D eigenvalue weighted by atomic mass is 10.3. The highest BCUT2D eigenvalue weighted by Gasteiger charge is 2.08. The molecule has 0 atom stereocenters. The Bertz CT molecular complexity index is 308.